The Hall–Kier alpha value is -1.12. The normalized spacial score (nSPS) is 28.6. The standard InChI is InChI=1S/C20H27NO/c22-14-16-8-9-18-17-7-3-2-6-15(17)12-19(18)20(16)13-21-10-4-1-5-11-21/h2-3,6-7,16,20,22H,1,4-5,8-14H2. The van der Waals surface area contributed by atoms with Gasteiger partial charge >= 0.3 is 0 Å². The van der Waals surface area contributed by atoms with Crippen LogP contribution in [0.25, 0.3) is 5.57 Å². The van der Waals surface area contributed by atoms with Gasteiger partial charge < -0.3 is 10.0 Å². The van der Waals surface area contributed by atoms with Gasteiger partial charge in [0.15, 0.2) is 0 Å². The van der Waals surface area contributed by atoms with E-state index in [0.29, 0.717) is 18.4 Å². The van der Waals surface area contributed by atoms with Crippen molar-refractivity contribution < 1.29 is 5.11 Å². The number of fused-ring (bicyclic) bond motifs is 2. The van der Waals surface area contributed by atoms with Crippen LogP contribution in [0.2, 0.25) is 0 Å². The molecule has 1 aliphatic heterocycles. The van der Waals surface area contributed by atoms with Gasteiger partial charge in [0.2, 0.25) is 0 Å². The Kier molecular flexibility index (Phi) is 4.06. The summed E-state index contributed by atoms with van der Waals surface area (Å²) in [4.78, 5) is 2.65. The van der Waals surface area contributed by atoms with Crippen molar-refractivity contribution in [2.75, 3.05) is 26.2 Å². The highest BCUT2D eigenvalue weighted by Gasteiger charge is 2.36. The van der Waals surface area contributed by atoms with Gasteiger partial charge in [-0.25, -0.2) is 0 Å². The van der Waals surface area contributed by atoms with Gasteiger partial charge in [-0.3, -0.25) is 0 Å². The zero-order chi connectivity index (χ0) is 14.9. The zero-order valence-corrected chi connectivity index (χ0v) is 13.4. The van der Waals surface area contributed by atoms with E-state index < -0.39 is 0 Å². The van der Waals surface area contributed by atoms with Crippen molar-refractivity contribution in [1.29, 1.82) is 0 Å². The molecule has 2 atom stereocenters. The third-order valence-corrected chi connectivity index (χ3v) is 6.03. The van der Waals surface area contributed by atoms with E-state index in [0.717, 1.165) is 25.8 Å². The number of piperidine rings is 1. The van der Waals surface area contributed by atoms with Gasteiger partial charge in [-0.15, -0.1) is 0 Å². The van der Waals surface area contributed by atoms with Crippen LogP contribution in [-0.4, -0.2) is 36.2 Å². The summed E-state index contributed by atoms with van der Waals surface area (Å²) in [5, 5.41) is 9.89. The summed E-state index contributed by atoms with van der Waals surface area (Å²) in [6.45, 7) is 4.03. The van der Waals surface area contributed by atoms with Crippen molar-refractivity contribution in [3.63, 3.8) is 0 Å². The molecule has 3 aliphatic rings. The molecule has 0 bridgehead atoms. The monoisotopic (exact) mass is 297 g/mol. The molecule has 1 aromatic rings. The van der Waals surface area contributed by atoms with E-state index >= 15 is 0 Å². The summed E-state index contributed by atoms with van der Waals surface area (Å²) in [6.07, 6.45) is 7.53. The Morgan fingerprint density at radius 3 is 2.73 bits per heavy atom. The largest absolute Gasteiger partial charge is 0.396 e. The molecule has 0 radical (unpaired) electrons. The molecule has 0 spiro atoms. The minimum atomic E-state index is 0.353. The fourth-order valence-corrected chi connectivity index (χ4v) is 4.82. The molecule has 2 aliphatic carbocycles. The first kappa shape index (κ1) is 14.5. The maximum absolute atomic E-state index is 9.89. The van der Waals surface area contributed by atoms with Crippen LogP contribution < -0.4 is 0 Å². The molecule has 118 valence electrons. The van der Waals surface area contributed by atoms with Crippen LogP contribution in [-0.2, 0) is 6.42 Å². The second-order valence-electron chi connectivity index (χ2n) is 7.29. The molecule has 1 heterocycles. The van der Waals surface area contributed by atoms with Gasteiger partial charge in [-0.05, 0) is 73.7 Å². The number of aliphatic hydroxyl groups is 1. The van der Waals surface area contributed by atoms with E-state index in [1.807, 2.05) is 0 Å². The number of aliphatic hydroxyl groups excluding tert-OH is 1. The van der Waals surface area contributed by atoms with Crippen molar-refractivity contribution >= 4 is 5.57 Å². The first-order valence-electron chi connectivity index (χ1n) is 9.00. The van der Waals surface area contributed by atoms with Crippen molar-refractivity contribution in [2.24, 2.45) is 11.8 Å². The lowest BCUT2D eigenvalue weighted by atomic mass is 9.75. The Morgan fingerprint density at radius 1 is 1.09 bits per heavy atom. The molecule has 2 heteroatoms. The molecule has 2 nitrogen and oxygen atoms in total. The van der Waals surface area contributed by atoms with Crippen LogP contribution in [0.1, 0.15) is 43.2 Å². The highest BCUT2D eigenvalue weighted by molar-refractivity contribution is 5.77. The lowest BCUT2D eigenvalue weighted by molar-refractivity contribution is 0.129. The van der Waals surface area contributed by atoms with Crippen molar-refractivity contribution in [1.82, 2.24) is 4.90 Å². The second-order valence-corrected chi connectivity index (χ2v) is 7.29. The molecule has 1 N–H and O–H groups in total. The van der Waals surface area contributed by atoms with Crippen LogP contribution in [0, 0.1) is 11.8 Å². The summed E-state index contributed by atoms with van der Waals surface area (Å²) in [5.74, 6) is 1.04. The van der Waals surface area contributed by atoms with Crippen molar-refractivity contribution in [2.45, 2.75) is 38.5 Å². The molecule has 0 aromatic heterocycles. The molecular weight excluding hydrogens is 270 g/mol. The van der Waals surface area contributed by atoms with E-state index in [4.69, 9.17) is 0 Å². The summed E-state index contributed by atoms with van der Waals surface area (Å²) in [5.41, 5.74) is 6.27. The minimum Gasteiger partial charge on any atom is -0.396 e. The molecule has 0 saturated carbocycles. The minimum absolute atomic E-state index is 0.353. The number of hydrogen-bond donors (Lipinski definition) is 1. The lowest BCUT2D eigenvalue weighted by Crippen LogP contribution is -2.39. The molecule has 0 amide bonds. The van der Waals surface area contributed by atoms with E-state index in [1.54, 1.807) is 11.1 Å². The van der Waals surface area contributed by atoms with Gasteiger partial charge in [0.1, 0.15) is 0 Å². The third-order valence-electron chi connectivity index (χ3n) is 6.03. The molecule has 1 aromatic carbocycles. The van der Waals surface area contributed by atoms with E-state index in [1.165, 1.54) is 43.5 Å². The fraction of sp³-hybridized carbons (Fsp3) is 0.600. The highest BCUT2D eigenvalue weighted by Crippen LogP contribution is 2.46. The predicted molar refractivity (Wildman–Crippen MR) is 90.7 cm³/mol. The smallest absolute Gasteiger partial charge is 0.0465 e. The van der Waals surface area contributed by atoms with E-state index in [2.05, 4.69) is 29.2 Å². The van der Waals surface area contributed by atoms with Gasteiger partial charge in [-0.2, -0.15) is 0 Å². The summed E-state index contributed by atoms with van der Waals surface area (Å²) >= 11 is 0. The maximum Gasteiger partial charge on any atom is 0.0465 e. The number of nitrogens with zero attached hydrogens (tertiary/aromatic N) is 1. The Morgan fingerprint density at radius 2 is 1.91 bits per heavy atom. The average Bonchev–Trinajstić information content (AvgIpc) is 2.95. The van der Waals surface area contributed by atoms with E-state index in [-0.39, 0.29) is 0 Å². The molecule has 22 heavy (non-hydrogen) atoms. The Bertz CT molecular complexity index is 571. The maximum atomic E-state index is 9.89. The predicted octanol–water partition coefficient (Wildman–Crippen LogP) is 3.50. The lowest BCUT2D eigenvalue weighted by Gasteiger charge is -2.37. The van der Waals surface area contributed by atoms with Crippen LogP contribution >= 0.6 is 0 Å². The number of likely N-dealkylation sites (tertiary alicyclic amines) is 1. The Balaban J connectivity index is 1.61. The van der Waals surface area contributed by atoms with Crippen molar-refractivity contribution in [3.8, 4) is 0 Å². The van der Waals surface area contributed by atoms with Crippen LogP contribution in [0.15, 0.2) is 29.8 Å². The number of allylic oxidation sites excluding steroid dienone is 1. The van der Waals surface area contributed by atoms with E-state index in [9.17, 15) is 5.11 Å². The van der Waals surface area contributed by atoms with Gasteiger partial charge in [0.05, 0.1) is 0 Å². The first-order chi connectivity index (χ1) is 10.9. The molecule has 2 unspecified atom stereocenters. The molecule has 1 saturated heterocycles. The molecule has 1 fully saturated rings. The topological polar surface area (TPSA) is 23.5 Å². The van der Waals surface area contributed by atoms with Crippen LogP contribution in [0.5, 0.6) is 0 Å². The SMILES string of the molecule is OCC1CCC2=C(Cc3ccccc32)C1CN1CCCCC1. The average molecular weight is 297 g/mol. The van der Waals surface area contributed by atoms with Crippen molar-refractivity contribution in [3.05, 3.63) is 41.0 Å². The highest BCUT2D eigenvalue weighted by atomic mass is 16.3. The fourth-order valence-electron chi connectivity index (χ4n) is 4.82. The van der Waals surface area contributed by atoms with Crippen LogP contribution in [0.4, 0.5) is 0 Å². The van der Waals surface area contributed by atoms with Gasteiger partial charge in [-0.1, -0.05) is 36.3 Å². The van der Waals surface area contributed by atoms with Gasteiger partial charge in [0.25, 0.3) is 0 Å². The third kappa shape index (κ3) is 2.53. The summed E-state index contributed by atoms with van der Waals surface area (Å²) < 4.78 is 0. The van der Waals surface area contributed by atoms with Crippen LogP contribution in [0.3, 0.4) is 0 Å². The summed E-state index contributed by atoms with van der Waals surface area (Å²) in [6, 6.07) is 8.93. The first-order valence-corrected chi connectivity index (χ1v) is 9.00. The molecule has 4 rings (SSSR count). The molecular formula is C20H27NO. The number of hydrogen-bond acceptors (Lipinski definition) is 2. The quantitative estimate of drug-likeness (QED) is 0.923. The second kappa shape index (κ2) is 6.17. The number of benzene rings is 1. The Labute approximate surface area is 133 Å². The number of rotatable bonds is 3. The summed E-state index contributed by atoms with van der Waals surface area (Å²) in [7, 11) is 0. The van der Waals surface area contributed by atoms with Gasteiger partial charge in [0, 0.05) is 13.2 Å². The zero-order valence-electron chi connectivity index (χ0n) is 13.4.